The van der Waals surface area contributed by atoms with E-state index in [-0.39, 0.29) is 23.5 Å². The molecule has 0 spiro atoms. The Bertz CT molecular complexity index is 1490. The Labute approximate surface area is 213 Å². The molecule has 3 aromatic heterocycles. The summed E-state index contributed by atoms with van der Waals surface area (Å²) in [6.07, 6.45) is 8.88. The first-order valence-electron chi connectivity index (χ1n) is 12.2. The number of hydrogen-bond donors (Lipinski definition) is 2. The van der Waals surface area contributed by atoms with Crippen molar-refractivity contribution >= 4 is 40.4 Å². The van der Waals surface area contributed by atoms with Gasteiger partial charge in [-0.1, -0.05) is 23.7 Å². The molecular formula is C28H26ClN5O2. The average molecular weight is 500 g/mol. The Morgan fingerprint density at radius 3 is 2.75 bits per heavy atom. The highest BCUT2D eigenvalue weighted by atomic mass is 35.5. The summed E-state index contributed by atoms with van der Waals surface area (Å²) in [5.41, 5.74) is 5.30. The van der Waals surface area contributed by atoms with Crippen LogP contribution < -0.4 is 10.6 Å². The summed E-state index contributed by atoms with van der Waals surface area (Å²) in [5, 5.41) is 6.98. The van der Waals surface area contributed by atoms with Crippen molar-refractivity contribution < 1.29 is 9.59 Å². The number of amides is 1. The molecule has 7 nitrogen and oxygen atoms in total. The highest BCUT2D eigenvalue weighted by Crippen LogP contribution is 2.48. The summed E-state index contributed by atoms with van der Waals surface area (Å²) in [5.74, 6) is 1.17. The van der Waals surface area contributed by atoms with Crippen molar-refractivity contribution in [3.63, 3.8) is 0 Å². The molecule has 2 atom stereocenters. The molecule has 0 saturated heterocycles. The molecule has 1 unspecified atom stereocenters. The number of aromatic nitrogens is 3. The minimum atomic E-state index is -0.0733. The maximum absolute atomic E-state index is 12.8. The normalized spacial score (nSPS) is 18.7. The van der Waals surface area contributed by atoms with Gasteiger partial charge in [0.05, 0.1) is 17.8 Å². The molecule has 3 heterocycles. The van der Waals surface area contributed by atoms with E-state index in [1.807, 2.05) is 53.1 Å². The van der Waals surface area contributed by atoms with Crippen LogP contribution in [0.25, 0.3) is 5.65 Å². The fraction of sp³-hybridized carbons (Fsp3) is 0.286. The van der Waals surface area contributed by atoms with Crippen LogP contribution >= 0.6 is 11.6 Å². The fourth-order valence-electron chi connectivity index (χ4n) is 4.77. The summed E-state index contributed by atoms with van der Waals surface area (Å²) < 4.78 is 1.96. The number of carbonyl (C=O) groups excluding carboxylic acids is 2. The monoisotopic (exact) mass is 499 g/mol. The van der Waals surface area contributed by atoms with Gasteiger partial charge in [-0.25, -0.2) is 9.97 Å². The van der Waals surface area contributed by atoms with E-state index in [2.05, 4.69) is 21.8 Å². The first-order valence-corrected chi connectivity index (χ1v) is 12.6. The zero-order valence-corrected chi connectivity index (χ0v) is 20.6. The molecule has 0 radical (unpaired) electrons. The van der Waals surface area contributed by atoms with Crippen molar-refractivity contribution in [3.05, 3.63) is 88.5 Å². The van der Waals surface area contributed by atoms with Gasteiger partial charge in [0, 0.05) is 41.3 Å². The Balaban J connectivity index is 1.11. The first-order chi connectivity index (χ1) is 17.4. The lowest BCUT2D eigenvalue weighted by Gasteiger charge is -2.08. The van der Waals surface area contributed by atoms with Crippen LogP contribution in [0.1, 0.15) is 65.2 Å². The van der Waals surface area contributed by atoms with E-state index in [9.17, 15) is 9.59 Å². The molecule has 1 aromatic carbocycles. The van der Waals surface area contributed by atoms with Crippen LogP contribution in [0, 0.1) is 5.92 Å². The molecule has 0 bridgehead atoms. The zero-order chi connectivity index (χ0) is 24.8. The van der Waals surface area contributed by atoms with Crippen molar-refractivity contribution in [1.29, 1.82) is 0 Å². The van der Waals surface area contributed by atoms with Crippen LogP contribution in [-0.2, 0) is 11.3 Å². The molecule has 6 rings (SSSR count). The summed E-state index contributed by atoms with van der Waals surface area (Å²) in [4.78, 5) is 34.0. The lowest BCUT2D eigenvalue weighted by atomic mass is 10.1. The number of Topliss-reactive ketones (excluding diaryl/α,β-unsaturated/α-hetero) is 1. The Morgan fingerprint density at radius 1 is 1.11 bits per heavy atom. The van der Waals surface area contributed by atoms with E-state index >= 15 is 0 Å². The van der Waals surface area contributed by atoms with Crippen molar-refractivity contribution in [2.24, 2.45) is 5.92 Å². The average Bonchev–Trinajstić information content (AvgIpc) is 3.78. The van der Waals surface area contributed by atoms with E-state index in [1.165, 1.54) is 18.4 Å². The van der Waals surface area contributed by atoms with Gasteiger partial charge in [-0.2, -0.15) is 0 Å². The predicted molar refractivity (Wildman–Crippen MR) is 140 cm³/mol. The standard InChI is InChI=1S/C28H26ClN5O2/c1-16(35)23-10-19(17-5-6-17)14-34-15-22(32-27(23)34)13-31-21-7-8-30-26(11-21)33-28(36)25-12-24(25)18-3-2-4-20(29)9-18/h2-4,7-11,14-15,17,24-25H,5-6,12-13H2,1H3,(H2,30,31,33,36)/t24?,25-/m0/s1. The molecule has 2 saturated carbocycles. The number of ketones is 1. The van der Waals surface area contributed by atoms with Crippen molar-refractivity contribution in [3.8, 4) is 0 Å². The summed E-state index contributed by atoms with van der Waals surface area (Å²) in [6.45, 7) is 2.07. The Morgan fingerprint density at radius 2 is 1.97 bits per heavy atom. The number of fused-ring (bicyclic) bond motifs is 1. The van der Waals surface area contributed by atoms with E-state index in [0.717, 1.165) is 23.4 Å². The summed E-state index contributed by atoms with van der Waals surface area (Å²) >= 11 is 6.09. The van der Waals surface area contributed by atoms with E-state index in [1.54, 1.807) is 13.1 Å². The highest BCUT2D eigenvalue weighted by Gasteiger charge is 2.44. The number of rotatable bonds is 8. The lowest BCUT2D eigenvalue weighted by molar-refractivity contribution is -0.117. The molecule has 36 heavy (non-hydrogen) atoms. The van der Waals surface area contributed by atoms with Crippen LogP contribution in [0.4, 0.5) is 11.5 Å². The van der Waals surface area contributed by atoms with Crippen LogP contribution in [0.15, 0.2) is 61.1 Å². The second-order valence-electron chi connectivity index (χ2n) is 9.76. The molecule has 4 aromatic rings. The second-order valence-corrected chi connectivity index (χ2v) is 10.2. The third-order valence-electron chi connectivity index (χ3n) is 6.94. The second kappa shape index (κ2) is 9.06. The summed E-state index contributed by atoms with van der Waals surface area (Å²) in [6, 6.07) is 13.3. The van der Waals surface area contributed by atoms with Gasteiger partial charge >= 0.3 is 0 Å². The molecule has 1 amide bonds. The van der Waals surface area contributed by atoms with Crippen LogP contribution in [0.3, 0.4) is 0 Å². The molecule has 182 valence electrons. The van der Waals surface area contributed by atoms with Crippen LogP contribution in [-0.4, -0.2) is 26.1 Å². The quantitative estimate of drug-likeness (QED) is 0.298. The molecular weight excluding hydrogens is 474 g/mol. The zero-order valence-electron chi connectivity index (χ0n) is 19.9. The smallest absolute Gasteiger partial charge is 0.229 e. The van der Waals surface area contributed by atoms with Crippen molar-refractivity contribution in [2.75, 3.05) is 10.6 Å². The highest BCUT2D eigenvalue weighted by molar-refractivity contribution is 6.30. The Hall–Kier alpha value is -3.71. The van der Waals surface area contributed by atoms with E-state index in [0.29, 0.717) is 34.5 Å². The number of pyridine rings is 2. The molecule has 8 heteroatoms. The third-order valence-corrected chi connectivity index (χ3v) is 7.17. The van der Waals surface area contributed by atoms with Gasteiger partial charge in [0.25, 0.3) is 0 Å². The first kappa shape index (κ1) is 22.7. The molecule has 2 N–H and O–H groups in total. The topological polar surface area (TPSA) is 88.4 Å². The van der Waals surface area contributed by atoms with Gasteiger partial charge in [0.1, 0.15) is 11.5 Å². The summed E-state index contributed by atoms with van der Waals surface area (Å²) in [7, 11) is 0. The predicted octanol–water partition coefficient (Wildman–Crippen LogP) is 5.82. The third kappa shape index (κ3) is 4.71. The lowest BCUT2D eigenvalue weighted by Crippen LogP contribution is -2.15. The van der Waals surface area contributed by atoms with Crippen LogP contribution in [0.5, 0.6) is 0 Å². The van der Waals surface area contributed by atoms with Crippen molar-refractivity contribution in [1.82, 2.24) is 14.4 Å². The van der Waals surface area contributed by atoms with E-state index < -0.39 is 0 Å². The van der Waals surface area contributed by atoms with Gasteiger partial charge in [0.15, 0.2) is 5.78 Å². The van der Waals surface area contributed by atoms with Crippen LogP contribution in [0.2, 0.25) is 5.02 Å². The van der Waals surface area contributed by atoms with E-state index in [4.69, 9.17) is 16.6 Å². The Kier molecular flexibility index (Phi) is 5.72. The number of benzene rings is 1. The van der Waals surface area contributed by atoms with Gasteiger partial charge in [0.2, 0.25) is 5.91 Å². The number of nitrogens with zero attached hydrogens (tertiary/aromatic N) is 3. The minimum Gasteiger partial charge on any atom is -0.379 e. The maximum atomic E-state index is 12.8. The SMILES string of the molecule is CC(=O)c1cc(C2CC2)cn2cc(CNc3ccnc(NC(=O)[C@H]4CC4c4cccc(Cl)c4)c3)nc12. The maximum Gasteiger partial charge on any atom is 0.229 e. The number of hydrogen-bond acceptors (Lipinski definition) is 5. The molecule has 2 aliphatic carbocycles. The number of halogens is 1. The number of imidazole rings is 1. The van der Waals surface area contributed by atoms with Crippen molar-refractivity contribution in [2.45, 2.75) is 44.6 Å². The molecule has 2 fully saturated rings. The van der Waals surface area contributed by atoms with Gasteiger partial charge in [-0.15, -0.1) is 0 Å². The molecule has 0 aliphatic heterocycles. The number of nitrogens with one attached hydrogen (secondary N) is 2. The number of carbonyl (C=O) groups is 2. The molecule has 2 aliphatic rings. The minimum absolute atomic E-state index is 0.0235. The fourth-order valence-corrected chi connectivity index (χ4v) is 4.96. The van der Waals surface area contributed by atoms with Gasteiger partial charge in [-0.05, 0) is 73.4 Å². The number of anilines is 2. The van der Waals surface area contributed by atoms with Gasteiger partial charge < -0.3 is 15.0 Å². The largest absolute Gasteiger partial charge is 0.379 e. The van der Waals surface area contributed by atoms with Gasteiger partial charge in [-0.3, -0.25) is 9.59 Å².